The number of methoxy groups -OCH3 is 1. The van der Waals surface area contributed by atoms with Crippen molar-refractivity contribution in [1.29, 1.82) is 0 Å². The van der Waals surface area contributed by atoms with Crippen molar-refractivity contribution in [3.63, 3.8) is 0 Å². The first-order chi connectivity index (χ1) is 9.06. The van der Waals surface area contributed by atoms with Crippen molar-refractivity contribution in [2.75, 3.05) is 7.11 Å². The first-order valence-electron chi connectivity index (χ1n) is 6.78. The molecule has 4 nitrogen and oxygen atoms in total. The van der Waals surface area contributed by atoms with Crippen LogP contribution in [-0.2, 0) is 6.42 Å². The van der Waals surface area contributed by atoms with E-state index in [2.05, 4.69) is 0 Å². The highest BCUT2D eigenvalue weighted by molar-refractivity contribution is 5.41. The molecule has 0 fully saturated rings. The fourth-order valence-corrected chi connectivity index (χ4v) is 2.09. The highest BCUT2D eigenvalue weighted by Crippen LogP contribution is 2.27. The Balaban J connectivity index is 2.43. The molecule has 4 heteroatoms. The molecule has 1 aromatic rings. The monoisotopic (exact) mass is 268 g/mol. The minimum Gasteiger partial charge on any atom is -0.504 e. The van der Waals surface area contributed by atoms with Gasteiger partial charge in [0.15, 0.2) is 11.5 Å². The lowest BCUT2D eigenvalue weighted by Crippen LogP contribution is -2.18. The van der Waals surface area contributed by atoms with Gasteiger partial charge in [-0.1, -0.05) is 19.4 Å². The maximum Gasteiger partial charge on any atom is 0.160 e. The van der Waals surface area contributed by atoms with Gasteiger partial charge in [-0.2, -0.15) is 0 Å². The third-order valence-corrected chi connectivity index (χ3v) is 3.18. The summed E-state index contributed by atoms with van der Waals surface area (Å²) in [6, 6.07) is 5.17. The quantitative estimate of drug-likeness (QED) is 0.676. The van der Waals surface area contributed by atoms with Gasteiger partial charge in [-0.05, 0) is 43.4 Å². The lowest BCUT2D eigenvalue weighted by molar-refractivity contribution is 0.0708. The van der Waals surface area contributed by atoms with E-state index in [0.717, 1.165) is 18.4 Å². The van der Waals surface area contributed by atoms with Gasteiger partial charge in [0.25, 0.3) is 0 Å². The zero-order valence-corrected chi connectivity index (χ0v) is 11.7. The molecule has 0 radical (unpaired) electrons. The van der Waals surface area contributed by atoms with Crippen molar-refractivity contribution in [2.45, 2.75) is 51.2 Å². The first kappa shape index (κ1) is 15.8. The molecule has 0 heterocycles. The van der Waals surface area contributed by atoms with Crippen molar-refractivity contribution >= 4 is 0 Å². The molecule has 0 saturated carbocycles. The van der Waals surface area contributed by atoms with Gasteiger partial charge in [0.1, 0.15) is 0 Å². The third-order valence-electron chi connectivity index (χ3n) is 3.18. The number of aliphatic hydroxyl groups excluding tert-OH is 2. The van der Waals surface area contributed by atoms with Crippen LogP contribution in [0.1, 0.15) is 38.2 Å². The van der Waals surface area contributed by atoms with Crippen LogP contribution >= 0.6 is 0 Å². The van der Waals surface area contributed by atoms with Crippen LogP contribution in [0.5, 0.6) is 11.5 Å². The maximum absolute atomic E-state index is 9.85. The summed E-state index contributed by atoms with van der Waals surface area (Å²) in [4.78, 5) is 0. The van der Waals surface area contributed by atoms with E-state index >= 15 is 0 Å². The first-order valence-corrected chi connectivity index (χ1v) is 6.78. The minimum atomic E-state index is -0.499. The number of rotatable bonds is 8. The number of phenolic OH excluding ortho intramolecular Hbond substituents is 1. The van der Waals surface area contributed by atoms with Crippen molar-refractivity contribution in [3.05, 3.63) is 23.8 Å². The Labute approximate surface area is 114 Å². The zero-order valence-electron chi connectivity index (χ0n) is 11.7. The van der Waals surface area contributed by atoms with Crippen molar-refractivity contribution in [3.8, 4) is 11.5 Å². The summed E-state index contributed by atoms with van der Waals surface area (Å²) in [5.74, 6) is 0.558. The second-order valence-corrected chi connectivity index (χ2v) is 4.88. The molecule has 0 aliphatic rings. The van der Waals surface area contributed by atoms with Gasteiger partial charge in [-0.25, -0.2) is 0 Å². The second kappa shape index (κ2) is 8.02. The van der Waals surface area contributed by atoms with E-state index in [1.807, 2.05) is 13.0 Å². The van der Waals surface area contributed by atoms with E-state index in [1.54, 1.807) is 12.1 Å². The second-order valence-electron chi connectivity index (χ2n) is 4.88. The number of aromatic hydroxyl groups is 1. The number of hydrogen-bond acceptors (Lipinski definition) is 4. The van der Waals surface area contributed by atoms with Gasteiger partial charge < -0.3 is 20.1 Å². The summed E-state index contributed by atoms with van der Waals surface area (Å²) in [6.07, 6.45) is 2.43. The Bertz CT molecular complexity index is 378. The molecule has 0 saturated heterocycles. The average Bonchev–Trinajstić information content (AvgIpc) is 2.38. The van der Waals surface area contributed by atoms with E-state index in [-0.39, 0.29) is 5.75 Å². The molecule has 0 unspecified atom stereocenters. The molecule has 2 atom stereocenters. The van der Waals surface area contributed by atoms with Crippen molar-refractivity contribution in [2.24, 2.45) is 0 Å². The molecule has 108 valence electrons. The Morgan fingerprint density at radius 1 is 1.16 bits per heavy atom. The average molecular weight is 268 g/mol. The lowest BCUT2D eigenvalue weighted by atomic mass is 10.0. The lowest BCUT2D eigenvalue weighted by Gasteiger charge is -2.15. The van der Waals surface area contributed by atoms with Crippen LogP contribution in [0.3, 0.4) is 0 Å². The van der Waals surface area contributed by atoms with Gasteiger partial charge in [-0.3, -0.25) is 0 Å². The SMILES string of the molecule is CCC[C@H](O)C[C@@H](O)CCc1ccc(O)c(OC)c1. The predicted octanol–water partition coefficient (Wildman–Crippen LogP) is 2.25. The van der Waals surface area contributed by atoms with Crippen LogP contribution in [-0.4, -0.2) is 34.6 Å². The molecule has 0 aromatic heterocycles. The summed E-state index contributed by atoms with van der Waals surface area (Å²) < 4.78 is 5.04. The van der Waals surface area contributed by atoms with Gasteiger partial charge in [0.2, 0.25) is 0 Å². The molecule has 0 aliphatic heterocycles. The number of ether oxygens (including phenoxy) is 1. The molecule has 0 amide bonds. The predicted molar refractivity (Wildman–Crippen MR) is 74.5 cm³/mol. The van der Waals surface area contributed by atoms with Gasteiger partial charge in [0.05, 0.1) is 19.3 Å². The maximum atomic E-state index is 9.85. The van der Waals surface area contributed by atoms with Crippen LogP contribution in [0.2, 0.25) is 0 Å². The van der Waals surface area contributed by atoms with Gasteiger partial charge >= 0.3 is 0 Å². The minimum absolute atomic E-state index is 0.116. The molecule has 0 aliphatic carbocycles. The normalized spacial score (nSPS) is 14.1. The molecule has 1 rings (SSSR count). The van der Waals surface area contributed by atoms with Crippen LogP contribution < -0.4 is 4.74 Å². The Morgan fingerprint density at radius 3 is 2.47 bits per heavy atom. The number of aryl methyl sites for hydroxylation is 1. The molecule has 0 bridgehead atoms. The topological polar surface area (TPSA) is 69.9 Å². The van der Waals surface area contributed by atoms with E-state index in [4.69, 9.17) is 4.74 Å². The Hall–Kier alpha value is -1.26. The Kier molecular flexibility index (Phi) is 6.67. The molecular formula is C15H24O4. The van der Waals surface area contributed by atoms with Crippen molar-refractivity contribution < 1.29 is 20.1 Å². The van der Waals surface area contributed by atoms with Gasteiger partial charge in [-0.15, -0.1) is 0 Å². The summed E-state index contributed by atoms with van der Waals surface area (Å²) in [5, 5.41) is 29.0. The van der Waals surface area contributed by atoms with Gasteiger partial charge in [0, 0.05) is 0 Å². The number of aliphatic hydroxyl groups is 2. The van der Waals surface area contributed by atoms with E-state index in [0.29, 0.717) is 25.0 Å². The molecule has 0 spiro atoms. The van der Waals surface area contributed by atoms with Crippen LogP contribution in [0.15, 0.2) is 18.2 Å². The summed E-state index contributed by atoms with van der Waals surface area (Å²) >= 11 is 0. The molecular weight excluding hydrogens is 244 g/mol. The largest absolute Gasteiger partial charge is 0.504 e. The van der Waals surface area contributed by atoms with Crippen LogP contribution in [0.25, 0.3) is 0 Å². The summed E-state index contributed by atoms with van der Waals surface area (Å²) in [7, 11) is 1.51. The summed E-state index contributed by atoms with van der Waals surface area (Å²) in [6.45, 7) is 2.01. The van der Waals surface area contributed by atoms with E-state index in [9.17, 15) is 15.3 Å². The number of hydrogen-bond donors (Lipinski definition) is 3. The molecule has 19 heavy (non-hydrogen) atoms. The highest BCUT2D eigenvalue weighted by Gasteiger charge is 2.12. The fourth-order valence-electron chi connectivity index (χ4n) is 2.09. The van der Waals surface area contributed by atoms with E-state index < -0.39 is 12.2 Å². The molecule has 1 aromatic carbocycles. The Morgan fingerprint density at radius 2 is 1.84 bits per heavy atom. The number of benzene rings is 1. The zero-order chi connectivity index (χ0) is 14.3. The van der Waals surface area contributed by atoms with Crippen LogP contribution in [0, 0.1) is 0 Å². The van der Waals surface area contributed by atoms with Crippen molar-refractivity contribution in [1.82, 2.24) is 0 Å². The van der Waals surface area contributed by atoms with E-state index in [1.165, 1.54) is 7.11 Å². The smallest absolute Gasteiger partial charge is 0.160 e. The third kappa shape index (κ3) is 5.49. The summed E-state index contributed by atoms with van der Waals surface area (Å²) in [5.41, 5.74) is 0.999. The highest BCUT2D eigenvalue weighted by atomic mass is 16.5. The molecule has 3 N–H and O–H groups in total. The van der Waals surface area contributed by atoms with Crippen LogP contribution in [0.4, 0.5) is 0 Å². The fraction of sp³-hybridized carbons (Fsp3) is 0.600. The standard InChI is InChI=1S/C15H24O4/c1-3-4-12(16)10-13(17)7-5-11-6-8-14(18)15(9-11)19-2/h6,8-9,12-13,16-18H,3-5,7,10H2,1-2H3/t12-,13-/m0/s1. The number of phenols is 1.